The van der Waals surface area contributed by atoms with Gasteiger partial charge in [-0.15, -0.1) is 0 Å². The Kier molecular flexibility index (Phi) is 5.29. The number of pyridine rings is 1. The van der Waals surface area contributed by atoms with Gasteiger partial charge in [0.15, 0.2) is 0 Å². The normalized spacial score (nSPS) is 18.9. The van der Waals surface area contributed by atoms with E-state index in [0.29, 0.717) is 6.54 Å². The number of likely N-dealkylation sites (tertiary alicyclic amines) is 1. The number of amides is 1. The second-order valence-corrected chi connectivity index (χ2v) is 7.34. The number of rotatable bonds is 5. The van der Waals surface area contributed by atoms with Gasteiger partial charge in [0, 0.05) is 18.1 Å². The van der Waals surface area contributed by atoms with Crippen LogP contribution >= 0.6 is 0 Å². The molecule has 26 heavy (non-hydrogen) atoms. The molecule has 0 spiro atoms. The van der Waals surface area contributed by atoms with Crippen LogP contribution in [0.25, 0.3) is 0 Å². The van der Waals surface area contributed by atoms with E-state index >= 15 is 0 Å². The first-order valence-corrected chi connectivity index (χ1v) is 9.79. The van der Waals surface area contributed by atoms with Crippen molar-refractivity contribution in [1.29, 1.82) is 0 Å². The van der Waals surface area contributed by atoms with Gasteiger partial charge in [0.2, 0.25) is 5.91 Å². The molecular weight excluding hydrogens is 326 g/mol. The molecule has 0 saturated carbocycles. The highest BCUT2D eigenvalue weighted by Gasteiger charge is 2.30. The van der Waals surface area contributed by atoms with Gasteiger partial charge in [-0.3, -0.25) is 19.8 Å². The zero-order valence-electron chi connectivity index (χ0n) is 15.2. The van der Waals surface area contributed by atoms with E-state index < -0.39 is 0 Å². The van der Waals surface area contributed by atoms with Crippen LogP contribution in [0.4, 0.5) is 0 Å². The lowest BCUT2D eigenvalue weighted by Gasteiger charge is -2.26. The van der Waals surface area contributed by atoms with Crippen molar-refractivity contribution < 1.29 is 4.79 Å². The molecule has 1 atom stereocenters. The van der Waals surface area contributed by atoms with Crippen molar-refractivity contribution in [3.8, 4) is 0 Å². The van der Waals surface area contributed by atoms with Gasteiger partial charge in [-0.2, -0.15) is 5.10 Å². The van der Waals surface area contributed by atoms with E-state index in [0.717, 1.165) is 50.0 Å². The summed E-state index contributed by atoms with van der Waals surface area (Å²) in [4.78, 5) is 19.5. The summed E-state index contributed by atoms with van der Waals surface area (Å²) in [6.45, 7) is 2.42. The third-order valence-electron chi connectivity index (χ3n) is 5.58. The number of H-pyrrole nitrogens is 1. The third-order valence-corrected chi connectivity index (χ3v) is 5.58. The zero-order valence-corrected chi connectivity index (χ0v) is 15.2. The van der Waals surface area contributed by atoms with E-state index in [4.69, 9.17) is 0 Å². The topological polar surface area (TPSA) is 73.9 Å². The molecule has 1 amide bonds. The molecule has 1 fully saturated rings. The van der Waals surface area contributed by atoms with Crippen LogP contribution in [-0.2, 0) is 24.2 Å². The fraction of sp³-hybridized carbons (Fsp3) is 0.550. The van der Waals surface area contributed by atoms with Gasteiger partial charge in [-0.05, 0) is 68.8 Å². The van der Waals surface area contributed by atoms with Gasteiger partial charge in [0.05, 0.1) is 12.2 Å². The molecule has 0 radical (unpaired) electrons. The summed E-state index contributed by atoms with van der Waals surface area (Å²) in [5, 5.41) is 10.8. The largest absolute Gasteiger partial charge is 0.349 e. The third kappa shape index (κ3) is 3.65. The Labute approximate surface area is 154 Å². The molecule has 2 N–H and O–H groups in total. The van der Waals surface area contributed by atoms with Crippen molar-refractivity contribution in [2.45, 2.75) is 57.5 Å². The summed E-state index contributed by atoms with van der Waals surface area (Å²) >= 11 is 0. The van der Waals surface area contributed by atoms with Crippen molar-refractivity contribution in [1.82, 2.24) is 25.4 Å². The summed E-state index contributed by atoms with van der Waals surface area (Å²) in [6.07, 6.45) is 11.7. The molecular formula is C20H27N5O. The molecule has 2 aliphatic rings. The molecule has 1 saturated heterocycles. The predicted molar refractivity (Wildman–Crippen MR) is 99.5 cm³/mol. The fourth-order valence-corrected chi connectivity index (χ4v) is 4.21. The minimum absolute atomic E-state index is 0.0465. The van der Waals surface area contributed by atoms with E-state index in [1.165, 1.54) is 30.5 Å². The SMILES string of the molecule is O=C(NCc1n[nH]c2c1CCCCC2)[C@H](c1cccnc1)N1CCCC1. The molecule has 1 aliphatic carbocycles. The Bertz CT molecular complexity index is 736. The Morgan fingerprint density at radius 2 is 2.04 bits per heavy atom. The number of aromatic amines is 1. The average molecular weight is 353 g/mol. The lowest BCUT2D eigenvalue weighted by molar-refractivity contribution is -0.126. The molecule has 4 rings (SSSR count). The van der Waals surface area contributed by atoms with Gasteiger partial charge >= 0.3 is 0 Å². The van der Waals surface area contributed by atoms with Crippen LogP contribution in [0.1, 0.15) is 60.7 Å². The smallest absolute Gasteiger partial charge is 0.242 e. The molecule has 0 aromatic carbocycles. The van der Waals surface area contributed by atoms with E-state index in [1.807, 2.05) is 18.3 Å². The quantitative estimate of drug-likeness (QED) is 0.810. The highest BCUT2D eigenvalue weighted by atomic mass is 16.2. The van der Waals surface area contributed by atoms with Crippen LogP contribution in [0, 0.1) is 0 Å². The summed E-state index contributed by atoms with van der Waals surface area (Å²) in [7, 11) is 0. The maximum atomic E-state index is 13.0. The molecule has 0 bridgehead atoms. The second kappa shape index (κ2) is 7.99. The van der Waals surface area contributed by atoms with Gasteiger partial charge in [0.1, 0.15) is 6.04 Å². The number of aryl methyl sites for hydroxylation is 1. The summed E-state index contributed by atoms with van der Waals surface area (Å²) < 4.78 is 0. The Balaban J connectivity index is 1.48. The predicted octanol–water partition coefficient (Wildman–Crippen LogP) is 2.53. The van der Waals surface area contributed by atoms with Crippen LogP contribution in [0.15, 0.2) is 24.5 Å². The van der Waals surface area contributed by atoms with Crippen LogP contribution < -0.4 is 5.32 Å². The minimum atomic E-state index is -0.260. The highest BCUT2D eigenvalue weighted by molar-refractivity contribution is 5.83. The number of carbonyl (C=O) groups is 1. The standard InChI is InChI=1S/C20H27N5O/c26-20(19(25-11-4-5-12-25)15-7-6-10-21-13-15)22-14-18-16-8-2-1-3-9-17(16)23-24-18/h6-7,10,13,19H,1-5,8-9,11-12,14H2,(H,22,26)(H,23,24)/t19-/m0/s1. The molecule has 2 aromatic heterocycles. The van der Waals surface area contributed by atoms with Crippen LogP contribution in [0.2, 0.25) is 0 Å². The minimum Gasteiger partial charge on any atom is -0.349 e. The van der Waals surface area contributed by atoms with Crippen molar-refractivity contribution in [2.75, 3.05) is 13.1 Å². The van der Waals surface area contributed by atoms with Crippen molar-refractivity contribution in [3.05, 3.63) is 47.0 Å². The second-order valence-electron chi connectivity index (χ2n) is 7.34. The maximum Gasteiger partial charge on any atom is 0.242 e. The molecule has 2 aromatic rings. The lowest BCUT2D eigenvalue weighted by Crippen LogP contribution is -2.39. The first-order chi connectivity index (χ1) is 12.8. The van der Waals surface area contributed by atoms with Gasteiger partial charge in [-0.1, -0.05) is 12.5 Å². The molecule has 6 heteroatoms. The van der Waals surface area contributed by atoms with Crippen molar-refractivity contribution in [2.24, 2.45) is 0 Å². The van der Waals surface area contributed by atoms with Gasteiger partial charge < -0.3 is 5.32 Å². The Morgan fingerprint density at radius 1 is 1.19 bits per heavy atom. The zero-order chi connectivity index (χ0) is 17.8. The number of hydrogen-bond donors (Lipinski definition) is 2. The Hall–Kier alpha value is -2.21. The number of fused-ring (bicyclic) bond motifs is 1. The summed E-state index contributed by atoms with van der Waals surface area (Å²) in [5.41, 5.74) is 4.55. The van der Waals surface area contributed by atoms with Crippen LogP contribution in [0.3, 0.4) is 0 Å². The van der Waals surface area contributed by atoms with Gasteiger partial charge in [-0.25, -0.2) is 0 Å². The van der Waals surface area contributed by atoms with E-state index in [-0.39, 0.29) is 11.9 Å². The van der Waals surface area contributed by atoms with E-state index in [2.05, 4.69) is 25.4 Å². The number of nitrogens with one attached hydrogen (secondary N) is 2. The molecule has 1 aliphatic heterocycles. The summed E-state index contributed by atoms with van der Waals surface area (Å²) in [5.74, 6) is 0.0465. The van der Waals surface area contributed by atoms with Crippen LogP contribution in [-0.4, -0.2) is 39.1 Å². The molecule has 138 valence electrons. The first kappa shape index (κ1) is 17.2. The van der Waals surface area contributed by atoms with Crippen molar-refractivity contribution >= 4 is 5.91 Å². The molecule has 0 unspecified atom stereocenters. The fourth-order valence-electron chi connectivity index (χ4n) is 4.21. The molecule has 3 heterocycles. The Morgan fingerprint density at radius 3 is 2.85 bits per heavy atom. The number of carbonyl (C=O) groups excluding carboxylic acids is 1. The molecule has 6 nitrogen and oxygen atoms in total. The highest BCUT2D eigenvalue weighted by Crippen LogP contribution is 2.25. The average Bonchev–Trinajstić information content (AvgIpc) is 3.26. The number of nitrogens with zero attached hydrogens (tertiary/aromatic N) is 3. The van der Waals surface area contributed by atoms with Gasteiger partial charge in [0.25, 0.3) is 0 Å². The number of hydrogen-bond acceptors (Lipinski definition) is 4. The maximum absolute atomic E-state index is 13.0. The van der Waals surface area contributed by atoms with E-state index in [1.54, 1.807) is 6.20 Å². The van der Waals surface area contributed by atoms with E-state index in [9.17, 15) is 4.79 Å². The monoisotopic (exact) mass is 353 g/mol. The lowest BCUT2D eigenvalue weighted by atomic mass is 10.1. The van der Waals surface area contributed by atoms with Crippen LogP contribution in [0.5, 0.6) is 0 Å². The first-order valence-electron chi connectivity index (χ1n) is 9.79. The van der Waals surface area contributed by atoms with Crippen molar-refractivity contribution in [3.63, 3.8) is 0 Å². The summed E-state index contributed by atoms with van der Waals surface area (Å²) in [6, 6.07) is 3.64. The number of aromatic nitrogens is 3.